The highest BCUT2D eigenvalue weighted by Crippen LogP contribution is 2.20. The van der Waals surface area contributed by atoms with Gasteiger partial charge in [-0.2, -0.15) is 0 Å². The Hall–Kier alpha value is 0.0800. The van der Waals surface area contributed by atoms with Crippen molar-refractivity contribution in [3.63, 3.8) is 0 Å². The van der Waals surface area contributed by atoms with Gasteiger partial charge in [0.05, 0.1) is 0 Å². The van der Waals surface area contributed by atoms with Gasteiger partial charge < -0.3 is 0 Å². The third-order valence-electron chi connectivity index (χ3n) is 0.769. The van der Waals surface area contributed by atoms with Crippen LogP contribution in [0.15, 0.2) is 23.2 Å². The molecule has 9 heavy (non-hydrogen) atoms. The molecule has 0 unspecified atom stereocenters. The molecule has 4 heteroatoms. The van der Waals surface area contributed by atoms with Gasteiger partial charge in [0.1, 0.15) is 10.2 Å². The Morgan fingerprint density at radius 1 is 1.44 bits per heavy atom. The van der Waals surface area contributed by atoms with Gasteiger partial charge in [-0.1, -0.05) is 17.7 Å². The van der Waals surface area contributed by atoms with Crippen LogP contribution in [-0.4, -0.2) is 4.98 Å². The number of rotatable bonds is 1. The van der Waals surface area contributed by atoms with E-state index in [0.717, 1.165) is 16.0 Å². The van der Waals surface area contributed by atoms with E-state index in [1.807, 2.05) is 0 Å². The van der Waals surface area contributed by atoms with E-state index in [4.69, 9.17) is 22.3 Å². The van der Waals surface area contributed by atoms with E-state index in [0.29, 0.717) is 5.15 Å². The zero-order chi connectivity index (χ0) is 6.69. The second kappa shape index (κ2) is 3.30. The van der Waals surface area contributed by atoms with Crippen molar-refractivity contribution < 1.29 is 0 Å². The molecule has 48 valence electrons. The van der Waals surface area contributed by atoms with Crippen LogP contribution in [0.4, 0.5) is 0 Å². The Labute approximate surface area is 66.9 Å². The van der Waals surface area contributed by atoms with Crippen LogP contribution in [0.25, 0.3) is 0 Å². The summed E-state index contributed by atoms with van der Waals surface area (Å²) in [5, 5.41) is 1.20. The third kappa shape index (κ3) is 2.05. The predicted octanol–water partition coefficient (Wildman–Crippen LogP) is 2.98. The first-order valence-electron chi connectivity index (χ1n) is 2.24. The molecule has 1 aromatic rings. The summed E-state index contributed by atoms with van der Waals surface area (Å²) in [5.41, 5.74) is 0. The molecule has 1 heterocycles. The largest absolute Gasteiger partial charge is 0.229 e. The molecule has 1 nitrogen and oxygen atoms in total. The summed E-state index contributed by atoms with van der Waals surface area (Å²) >= 11 is 5.54. The molecule has 0 amide bonds. The van der Waals surface area contributed by atoms with Gasteiger partial charge in [-0.15, -0.1) is 0 Å². The van der Waals surface area contributed by atoms with Crippen LogP contribution >= 0.6 is 33.3 Å². The molecule has 0 radical (unpaired) electrons. The summed E-state index contributed by atoms with van der Waals surface area (Å²) < 4.78 is 0. The minimum atomic E-state index is 0.473. The van der Waals surface area contributed by atoms with E-state index in [1.54, 1.807) is 18.2 Å². The smallest absolute Gasteiger partial charge is 0.130 e. The Morgan fingerprint density at radius 2 is 2.22 bits per heavy atom. The first-order chi connectivity index (χ1) is 4.33. The van der Waals surface area contributed by atoms with Crippen molar-refractivity contribution in [2.24, 2.45) is 0 Å². The van der Waals surface area contributed by atoms with Crippen LogP contribution in [0.3, 0.4) is 0 Å². The first kappa shape index (κ1) is 7.19. The molecule has 0 saturated carbocycles. The van der Waals surface area contributed by atoms with E-state index < -0.39 is 0 Å². The van der Waals surface area contributed by atoms with Gasteiger partial charge in [0.15, 0.2) is 0 Å². The molecule has 1 rings (SSSR count). The van der Waals surface area contributed by atoms with E-state index in [9.17, 15) is 0 Å². The van der Waals surface area contributed by atoms with E-state index in [-0.39, 0.29) is 0 Å². The zero-order valence-corrected chi connectivity index (χ0v) is 6.67. The molecular formula is C5H3Cl2NS. The lowest BCUT2D eigenvalue weighted by molar-refractivity contribution is 1.14. The Balaban J connectivity index is 2.94. The summed E-state index contributed by atoms with van der Waals surface area (Å²) in [4.78, 5) is 3.89. The van der Waals surface area contributed by atoms with Crippen molar-refractivity contribution in [3.05, 3.63) is 23.4 Å². The first-order valence-corrected chi connectivity index (χ1v) is 4.26. The second-order valence-electron chi connectivity index (χ2n) is 1.38. The lowest BCUT2D eigenvalue weighted by atomic mass is 10.5. The van der Waals surface area contributed by atoms with Crippen molar-refractivity contribution in [2.75, 3.05) is 0 Å². The van der Waals surface area contributed by atoms with Crippen LogP contribution in [0, 0.1) is 0 Å². The third-order valence-corrected chi connectivity index (χ3v) is 1.84. The molecule has 1 aromatic heterocycles. The number of hydrogen-bond donors (Lipinski definition) is 0. The summed E-state index contributed by atoms with van der Waals surface area (Å²) in [7, 11) is 6.45. The molecule has 0 aliphatic heterocycles. The number of aromatic nitrogens is 1. The summed E-state index contributed by atoms with van der Waals surface area (Å²) in [6.07, 6.45) is 0. The van der Waals surface area contributed by atoms with E-state index >= 15 is 0 Å². The maximum Gasteiger partial charge on any atom is 0.130 e. The summed E-state index contributed by atoms with van der Waals surface area (Å²) in [5.74, 6) is 0. The summed E-state index contributed by atoms with van der Waals surface area (Å²) in [6, 6.07) is 5.31. The van der Waals surface area contributed by atoms with Gasteiger partial charge in [-0.25, -0.2) is 4.98 Å². The van der Waals surface area contributed by atoms with E-state index in [1.165, 1.54) is 0 Å². The van der Waals surface area contributed by atoms with Crippen molar-refractivity contribution in [1.29, 1.82) is 0 Å². The lowest BCUT2D eigenvalue weighted by Gasteiger charge is -1.90. The quantitative estimate of drug-likeness (QED) is 0.616. The van der Waals surface area contributed by atoms with Crippen molar-refractivity contribution in [1.82, 2.24) is 4.98 Å². The highest BCUT2D eigenvalue weighted by Gasteiger charge is 1.91. The monoisotopic (exact) mass is 179 g/mol. The van der Waals surface area contributed by atoms with Crippen LogP contribution in [0.1, 0.15) is 0 Å². The SMILES string of the molecule is ClSc1cccc(Cl)n1. The minimum absolute atomic E-state index is 0.473. The fraction of sp³-hybridized carbons (Fsp3) is 0. The van der Waals surface area contributed by atoms with Crippen LogP contribution in [0.2, 0.25) is 5.15 Å². The molecule has 0 fully saturated rings. The highest BCUT2D eigenvalue weighted by atomic mass is 35.7. The molecule has 0 saturated heterocycles. The van der Waals surface area contributed by atoms with Gasteiger partial charge >= 0.3 is 0 Å². The van der Waals surface area contributed by atoms with Gasteiger partial charge in [0, 0.05) is 11.0 Å². The summed E-state index contributed by atoms with van der Waals surface area (Å²) in [6.45, 7) is 0. The van der Waals surface area contributed by atoms with Crippen molar-refractivity contribution in [2.45, 2.75) is 5.03 Å². The number of nitrogens with zero attached hydrogens (tertiary/aromatic N) is 1. The fourth-order valence-electron chi connectivity index (χ4n) is 0.433. The normalized spacial score (nSPS) is 9.56. The Morgan fingerprint density at radius 3 is 2.67 bits per heavy atom. The van der Waals surface area contributed by atoms with Gasteiger partial charge in [0.2, 0.25) is 0 Å². The van der Waals surface area contributed by atoms with Gasteiger partial charge in [-0.3, -0.25) is 0 Å². The topological polar surface area (TPSA) is 12.9 Å². The Bertz CT molecular complexity index is 204. The average Bonchev–Trinajstić information content (AvgIpc) is 1.88. The maximum atomic E-state index is 5.54. The van der Waals surface area contributed by atoms with Crippen LogP contribution in [0.5, 0.6) is 0 Å². The molecule has 0 bridgehead atoms. The minimum Gasteiger partial charge on any atom is -0.229 e. The number of halogens is 2. The molecule has 0 atom stereocenters. The zero-order valence-electron chi connectivity index (χ0n) is 4.34. The fourth-order valence-corrected chi connectivity index (χ4v) is 1.17. The lowest BCUT2D eigenvalue weighted by Crippen LogP contribution is -1.74. The molecule has 0 N–H and O–H groups in total. The van der Waals surface area contributed by atoms with E-state index in [2.05, 4.69) is 4.98 Å². The van der Waals surface area contributed by atoms with Crippen LogP contribution in [-0.2, 0) is 0 Å². The van der Waals surface area contributed by atoms with Gasteiger partial charge in [0.25, 0.3) is 0 Å². The second-order valence-corrected chi connectivity index (χ2v) is 2.80. The van der Waals surface area contributed by atoms with Crippen LogP contribution < -0.4 is 0 Å². The average molecular weight is 180 g/mol. The highest BCUT2D eigenvalue weighted by molar-refractivity contribution is 8.21. The molecule has 0 spiro atoms. The van der Waals surface area contributed by atoms with Crippen molar-refractivity contribution >= 4 is 33.3 Å². The Kier molecular flexibility index (Phi) is 2.64. The molecule has 0 aliphatic rings. The standard InChI is InChI=1S/C5H3Cl2NS/c6-4-2-1-3-5(8-4)9-7/h1-3H. The molecular weight excluding hydrogens is 177 g/mol. The predicted molar refractivity (Wildman–Crippen MR) is 41.0 cm³/mol. The number of pyridine rings is 1. The van der Waals surface area contributed by atoms with Gasteiger partial charge in [-0.05, 0) is 22.8 Å². The molecule has 0 aliphatic carbocycles. The maximum absolute atomic E-state index is 5.54. The van der Waals surface area contributed by atoms with Crippen molar-refractivity contribution in [3.8, 4) is 0 Å². The molecule has 0 aromatic carbocycles. The number of hydrogen-bond acceptors (Lipinski definition) is 2.